The van der Waals surface area contributed by atoms with E-state index in [1.165, 1.54) is 21.6 Å². The topological polar surface area (TPSA) is 115 Å². The molecule has 1 atom stereocenters. The molecule has 2 amide bonds. The molecule has 2 aromatic rings. The van der Waals surface area contributed by atoms with Gasteiger partial charge in [-0.25, -0.2) is 9.10 Å². The lowest BCUT2D eigenvalue weighted by molar-refractivity contribution is -0.604. The Balaban J connectivity index is 1.30. The van der Waals surface area contributed by atoms with Gasteiger partial charge in [0.2, 0.25) is 0 Å². The number of hydrogen-bond acceptors (Lipinski definition) is 6. The molecule has 0 bridgehead atoms. The highest BCUT2D eigenvalue weighted by Gasteiger charge is 2.41. The number of urea groups is 1. The molecule has 0 spiro atoms. The molecule has 1 aromatic heterocycles. The fraction of sp³-hybridized carbons (Fsp3) is 0.615. The summed E-state index contributed by atoms with van der Waals surface area (Å²) in [5, 5.41) is 20.6. The van der Waals surface area contributed by atoms with Crippen LogP contribution in [0, 0.1) is 5.21 Å². The Bertz CT molecular complexity index is 1260. The van der Waals surface area contributed by atoms with E-state index in [9.17, 15) is 18.4 Å². The maximum absolute atomic E-state index is 13.8. The monoisotopic (exact) mass is 528 g/mol. The Hall–Kier alpha value is -2.47. The number of hydroxylamine groups is 1. The van der Waals surface area contributed by atoms with Crippen molar-refractivity contribution in [3.05, 3.63) is 45.9 Å². The summed E-state index contributed by atoms with van der Waals surface area (Å²) in [4.78, 5) is 15.4. The summed E-state index contributed by atoms with van der Waals surface area (Å²) in [5.74, 6) is 0. The SMILES string of the molecule is CN1CCC(N(c2cnn(C3CCC3)c2)S(=O)(=O)[NH+]([O-])C(=O)Nc2c3c(cc4c2CCC4)CCC3)CC1. The van der Waals surface area contributed by atoms with E-state index in [1.54, 1.807) is 10.9 Å². The molecule has 1 aliphatic heterocycles. The van der Waals surface area contributed by atoms with Crippen molar-refractivity contribution in [2.24, 2.45) is 0 Å². The summed E-state index contributed by atoms with van der Waals surface area (Å²) in [6.45, 7) is 1.44. The van der Waals surface area contributed by atoms with Crippen LogP contribution in [-0.2, 0) is 35.9 Å². The molecule has 1 unspecified atom stereocenters. The molecule has 2 N–H and O–H groups in total. The molecular weight excluding hydrogens is 492 g/mol. The molecule has 4 aliphatic rings. The zero-order chi connectivity index (χ0) is 25.7. The van der Waals surface area contributed by atoms with Gasteiger partial charge in [-0.3, -0.25) is 10.00 Å². The molecule has 37 heavy (non-hydrogen) atoms. The molecule has 1 saturated carbocycles. The highest BCUT2D eigenvalue weighted by molar-refractivity contribution is 7.86. The molecule has 0 radical (unpaired) electrons. The Morgan fingerprint density at radius 3 is 2.30 bits per heavy atom. The van der Waals surface area contributed by atoms with Crippen molar-refractivity contribution < 1.29 is 17.7 Å². The van der Waals surface area contributed by atoms with Crippen LogP contribution in [0.25, 0.3) is 0 Å². The first-order valence-electron chi connectivity index (χ1n) is 13.6. The van der Waals surface area contributed by atoms with Crippen LogP contribution in [-0.4, -0.2) is 55.3 Å². The van der Waals surface area contributed by atoms with Gasteiger partial charge in [-0.2, -0.15) is 18.0 Å². The lowest BCUT2D eigenvalue weighted by Gasteiger charge is -2.37. The largest absolute Gasteiger partial charge is 0.608 e. The Morgan fingerprint density at radius 2 is 1.70 bits per heavy atom. The van der Waals surface area contributed by atoms with E-state index >= 15 is 0 Å². The van der Waals surface area contributed by atoms with Gasteiger partial charge in [0, 0.05) is 6.20 Å². The van der Waals surface area contributed by atoms with Crippen molar-refractivity contribution in [2.45, 2.75) is 82.7 Å². The van der Waals surface area contributed by atoms with Gasteiger partial charge >= 0.3 is 16.2 Å². The number of aryl methyl sites for hydroxylation is 2. The predicted octanol–water partition coefficient (Wildman–Crippen LogP) is 2.35. The zero-order valence-electron chi connectivity index (χ0n) is 21.4. The van der Waals surface area contributed by atoms with Crippen LogP contribution < -0.4 is 14.1 Å². The number of piperidine rings is 1. The molecule has 11 heteroatoms. The van der Waals surface area contributed by atoms with Crippen LogP contribution in [0.3, 0.4) is 0 Å². The molecule has 2 heterocycles. The number of nitrogens with zero attached hydrogens (tertiary/aromatic N) is 4. The van der Waals surface area contributed by atoms with Gasteiger partial charge in [-0.1, -0.05) is 6.07 Å². The number of benzene rings is 1. The van der Waals surface area contributed by atoms with Gasteiger partial charge < -0.3 is 10.1 Å². The van der Waals surface area contributed by atoms with Crippen molar-refractivity contribution in [1.29, 1.82) is 0 Å². The molecule has 3 aliphatic carbocycles. The Labute approximate surface area is 218 Å². The maximum Gasteiger partial charge on any atom is 0.436 e. The molecule has 10 nitrogen and oxygen atoms in total. The average molecular weight is 529 g/mol. The van der Waals surface area contributed by atoms with E-state index in [4.69, 9.17) is 0 Å². The highest BCUT2D eigenvalue weighted by atomic mass is 32.2. The standard InChI is InChI=1S/C26H36N6O4S/c1-29-13-11-21(12-14-29)31(22-16-27-30(17-22)20-7-4-8-20)37(35,36)32(34)26(33)28-25-23-9-2-5-18(23)15-19-6-3-10-24(19)25/h15-17,20-21,32H,2-14H2,1H3,(H,28,33). The fourth-order valence-corrected chi connectivity index (χ4v) is 7.85. The maximum atomic E-state index is 13.8. The third-order valence-electron chi connectivity index (χ3n) is 8.70. The van der Waals surface area contributed by atoms with Gasteiger partial charge in [0.1, 0.15) is 0 Å². The first-order valence-corrected chi connectivity index (χ1v) is 15.1. The van der Waals surface area contributed by atoms with Crippen LogP contribution >= 0.6 is 0 Å². The number of rotatable bonds is 6. The van der Waals surface area contributed by atoms with Crippen molar-refractivity contribution in [2.75, 3.05) is 29.8 Å². The molecule has 1 saturated heterocycles. The van der Waals surface area contributed by atoms with E-state index in [0.29, 0.717) is 24.2 Å². The predicted molar refractivity (Wildman–Crippen MR) is 141 cm³/mol. The minimum absolute atomic E-state index is 0.261. The third kappa shape index (κ3) is 4.45. The first kappa shape index (κ1) is 24.8. The number of fused-ring (bicyclic) bond motifs is 2. The van der Waals surface area contributed by atoms with Gasteiger partial charge in [0.05, 0.1) is 29.7 Å². The molecule has 200 valence electrons. The lowest BCUT2D eigenvalue weighted by atomic mass is 9.93. The quantitative estimate of drug-likeness (QED) is 0.557. The number of anilines is 2. The Kier molecular flexibility index (Phi) is 6.50. The number of nitrogens with one attached hydrogen (secondary N) is 2. The second kappa shape index (κ2) is 9.68. The smallest absolute Gasteiger partial charge is 0.436 e. The number of carbonyl (C=O) groups is 1. The second-order valence-electron chi connectivity index (χ2n) is 11.1. The number of hydrogen-bond donors (Lipinski definition) is 2. The third-order valence-corrected chi connectivity index (χ3v) is 10.4. The van der Waals surface area contributed by atoms with Gasteiger partial charge in [0.15, 0.2) is 0 Å². The summed E-state index contributed by atoms with van der Waals surface area (Å²) in [6.07, 6.45) is 13.1. The number of quaternary nitrogens is 1. The van der Waals surface area contributed by atoms with Crippen LogP contribution in [0.15, 0.2) is 18.5 Å². The number of carbonyl (C=O) groups excluding carboxylic acids is 1. The highest BCUT2D eigenvalue weighted by Crippen LogP contribution is 2.38. The minimum atomic E-state index is -4.61. The average Bonchev–Trinajstić information content (AvgIpc) is 3.60. The normalized spacial score (nSPS) is 21.4. The van der Waals surface area contributed by atoms with Crippen LogP contribution in [0.1, 0.15) is 73.2 Å². The van der Waals surface area contributed by atoms with E-state index < -0.39 is 26.8 Å². The number of likely N-dealkylation sites (tertiary alicyclic amines) is 1. The first-order chi connectivity index (χ1) is 17.8. The summed E-state index contributed by atoms with van der Waals surface area (Å²) in [7, 11) is -2.61. The van der Waals surface area contributed by atoms with Crippen LogP contribution in [0.5, 0.6) is 0 Å². The van der Waals surface area contributed by atoms with Gasteiger partial charge in [0.25, 0.3) is 0 Å². The van der Waals surface area contributed by atoms with Gasteiger partial charge in [-0.05, 0) is 113 Å². The van der Waals surface area contributed by atoms with Crippen molar-refractivity contribution in [3.63, 3.8) is 0 Å². The minimum Gasteiger partial charge on any atom is -0.608 e. The number of amides is 2. The van der Waals surface area contributed by atoms with Crippen LogP contribution in [0.4, 0.5) is 16.2 Å². The van der Waals surface area contributed by atoms with E-state index in [1.807, 2.05) is 7.05 Å². The summed E-state index contributed by atoms with van der Waals surface area (Å²) in [6, 6.07) is 1.03. The summed E-state index contributed by atoms with van der Waals surface area (Å²) in [5.41, 5.74) is 5.59. The van der Waals surface area contributed by atoms with E-state index in [0.717, 1.165) is 82.0 Å². The summed E-state index contributed by atoms with van der Waals surface area (Å²) >= 11 is 0. The van der Waals surface area contributed by atoms with Gasteiger partial charge in [-0.15, -0.1) is 0 Å². The van der Waals surface area contributed by atoms with Crippen molar-refractivity contribution in [3.8, 4) is 0 Å². The Morgan fingerprint density at radius 1 is 1.05 bits per heavy atom. The molecule has 6 rings (SSSR count). The van der Waals surface area contributed by atoms with E-state index in [-0.39, 0.29) is 6.04 Å². The fourth-order valence-electron chi connectivity index (χ4n) is 6.41. The van der Waals surface area contributed by atoms with Crippen LogP contribution in [0.2, 0.25) is 0 Å². The second-order valence-corrected chi connectivity index (χ2v) is 12.8. The van der Waals surface area contributed by atoms with Crippen molar-refractivity contribution >= 4 is 27.6 Å². The van der Waals surface area contributed by atoms with E-state index in [2.05, 4.69) is 21.4 Å². The zero-order valence-corrected chi connectivity index (χ0v) is 22.2. The molecule has 1 aromatic carbocycles. The van der Waals surface area contributed by atoms with Crippen molar-refractivity contribution in [1.82, 2.24) is 14.7 Å². The molecular formula is C26H36N6O4S. The molecule has 2 fully saturated rings. The lowest BCUT2D eigenvalue weighted by Crippen LogP contribution is -3.14. The number of aromatic nitrogens is 2. The summed E-state index contributed by atoms with van der Waals surface area (Å²) < 4.78 is 29.3.